The smallest absolute Gasteiger partial charge is 0.255 e. The van der Waals surface area contributed by atoms with E-state index in [0.29, 0.717) is 5.56 Å². The van der Waals surface area contributed by atoms with Gasteiger partial charge in [-0.3, -0.25) is 4.79 Å². The highest BCUT2D eigenvalue weighted by molar-refractivity contribution is 14.1. The number of amides is 1. The summed E-state index contributed by atoms with van der Waals surface area (Å²) in [5.41, 5.74) is 2.53. The van der Waals surface area contributed by atoms with Gasteiger partial charge >= 0.3 is 0 Å². The molecule has 94 valence electrons. The Hall–Kier alpha value is -1.82. The Morgan fingerprint density at radius 2 is 2.00 bits per heavy atom. The molecular formula is C15H11IN2O. The normalized spacial score (nSPS) is 10.6. The highest BCUT2D eigenvalue weighted by atomic mass is 127. The zero-order valence-corrected chi connectivity index (χ0v) is 12.1. The summed E-state index contributed by atoms with van der Waals surface area (Å²) < 4.78 is 1.05. The van der Waals surface area contributed by atoms with Gasteiger partial charge in [0.1, 0.15) is 0 Å². The number of carbonyl (C=O) groups is 1. The van der Waals surface area contributed by atoms with Gasteiger partial charge in [-0.2, -0.15) is 0 Å². The van der Waals surface area contributed by atoms with Crippen LogP contribution < -0.4 is 5.32 Å². The minimum absolute atomic E-state index is 0.0894. The highest BCUT2D eigenvalue weighted by Crippen LogP contribution is 2.18. The van der Waals surface area contributed by atoms with Crippen LogP contribution in [0.1, 0.15) is 10.4 Å². The molecule has 3 aromatic rings. The van der Waals surface area contributed by atoms with E-state index in [2.05, 4.69) is 32.9 Å². The minimum atomic E-state index is -0.0894. The molecule has 1 amide bonds. The molecule has 0 radical (unpaired) electrons. The van der Waals surface area contributed by atoms with Crippen molar-refractivity contribution < 1.29 is 4.79 Å². The molecule has 0 bridgehead atoms. The summed E-state index contributed by atoms with van der Waals surface area (Å²) in [5, 5.41) is 3.99. The number of aromatic amines is 1. The number of rotatable bonds is 2. The molecule has 0 aliphatic heterocycles. The summed E-state index contributed by atoms with van der Waals surface area (Å²) in [6.07, 6.45) is 1.88. The number of benzene rings is 2. The fourth-order valence-electron chi connectivity index (χ4n) is 1.96. The quantitative estimate of drug-likeness (QED) is 0.665. The maximum Gasteiger partial charge on any atom is 0.255 e. The summed E-state index contributed by atoms with van der Waals surface area (Å²) in [6, 6.07) is 15.3. The maximum atomic E-state index is 12.1. The Morgan fingerprint density at radius 1 is 1.11 bits per heavy atom. The number of H-pyrrole nitrogens is 1. The fourth-order valence-corrected chi connectivity index (χ4v) is 2.51. The minimum Gasteiger partial charge on any atom is -0.361 e. The van der Waals surface area contributed by atoms with Gasteiger partial charge in [0.15, 0.2) is 0 Å². The lowest BCUT2D eigenvalue weighted by Crippen LogP contribution is -2.11. The number of hydrogen-bond acceptors (Lipinski definition) is 1. The Bertz CT molecular complexity index is 748. The predicted octanol–water partition coefficient (Wildman–Crippen LogP) is 4.02. The lowest BCUT2D eigenvalue weighted by molar-refractivity contribution is 0.102. The zero-order valence-electron chi connectivity index (χ0n) is 9.98. The molecule has 0 spiro atoms. The van der Waals surface area contributed by atoms with Crippen molar-refractivity contribution in [3.05, 3.63) is 63.9 Å². The van der Waals surface area contributed by atoms with Crippen LogP contribution >= 0.6 is 22.6 Å². The van der Waals surface area contributed by atoms with E-state index >= 15 is 0 Å². The number of halogens is 1. The van der Waals surface area contributed by atoms with Crippen LogP contribution in [0.5, 0.6) is 0 Å². The topological polar surface area (TPSA) is 44.9 Å². The Morgan fingerprint density at radius 3 is 2.84 bits per heavy atom. The summed E-state index contributed by atoms with van der Waals surface area (Å²) in [7, 11) is 0. The van der Waals surface area contributed by atoms with Crippen molar-refractivity contribution in [1.29, 1.82) is 0 Å². The Kier molecular flexibility index (Phi) is 3.25. The van der Waals surface area contributed by atoms with Gasteiger partial charge in [-0.1, -0.05) is 6.07 Å². The molecule has 4 heteroatoms. The van der Waals surface area contributed by atoms with E-state index in [9.17, 15) is 4.79 Å². The molecular weight excluding hydrogens is 351 g/mol. The molecule has 1 aromatic heterocycles. The molecule has 2 N–H and O–H groups in total. The maximum absolute atomic E-state index is 12.1. The molecule has 0 saturated carbocycles. The lowest BCUT2D eigenvalue weighted by Gasteiger charge is -2.05. The first kappa shape index (κ1) is 12.2. The largest absolute Gasteiger partial charge is 0.361 e. The van der Waals surface area contributed by atoms with Gasteiger partial charge in [0.05, 0.1) is 0 Å². The van der Waals surface area contributed by atoms with E-state index in [1.54, 1.807) is 0 Å². The molecule has 1 heterocycles. The molecule has 19 heavy (non-hydrogen) atoms. The third-order valence-corrected chi connectivity index (χ3v) is 3.57. The first-order valence-corrected chi connectivity index (χ1v) is 6.94. The number of hydrogen-bond donors (Lipinski definition) is 2. The predicted molar refractivity (Wildman–Crippen MR) is 85.4 cm³/mol. The third kappa shape index (κ3) is 2.63. The Labute approximate surface area is 124 Å². The van der Waals surface area contributed by atoms with Crippen LogP contribution in [0, 0.1) is 3.57 Å². The average molecular weight is 362 g/mol. The van der Waals surface area contributed by atoms with Crippen molar-refractivity contribution in [2.45, 2.75) is 0 Å². The van der Waals surface area contributed by atoms with Crippen LogP contribution in [0.4, 0.5) is 5.69 Å². The number of nitrogens with one attached hydrogen (secondary N) is 2. The second kappa shape index (κ2) is 5.05. The summed E-state index contributed by atoms with van der Waals surface area (Å²) in [6.45, 7) is 0. The molecule has 0 aliphatic carbocycles. The van der Waals surface area contributed by atoms with E-state index in [-0.39, 0.29) is 5.91 Å². The number of carbonyl (C=O) groups excluding carboxylic acids is 1. The van der Waals surface area contributed by atoms with Crippen LogP contribution in [-0.4, -0.2) is 10.9 Å². The van der Waals surface area contributed by atoms with Gasteiger partial charge in [0, 0.05) is 31.9 Å². The second-order valence-electron chi connectivity index (χ2n) is 4.24. The van der Waals surface area contributed by atoms with Crippen LogP contribution in [0.2, 0.25) is 0 Å². The standard InChI is InChI=1S/C15H11IN2O/c16-12-3-1-2-11(8-12)15(19)18-13-4-5-14-10(9-13)6-7-17-14/h1-9,17H,(H,18,19). The van der Waals surface area contributed by atoms with Gasteiger partial charge in [-0.25, -0.2) is 0 Å². The molecule has 0 fully saturated rings. The van der Waals surface area contributed by atoms with Crippen molar-refractivity contribution in [1.82, 2.24) is 4.98 Å². The first-order chi connectivity index (χ1) is 9.22. The van der Waals surface area contributed by atoms with E-state index in [0.717, 1.165) is 20.2 Å². The number of fused-ring (bicyclic) bond motifs is 1. The monoisotopic (exact) mass is 362 g/mol. The van der Waals surface area contributed by atoms with Crippen molar-refractivity contribution in [3.63, 3.8) is 0 Å². The Balaban J connectivity index is 1.86. The van der Waals surface area contributed by atoms with Crippen LogP contribution in [0.25, 0.3) is 10.9 Å². The molecule has 0 saturated heterocycles. The lowest BCUT2D eigenvalue weighted by atomic mass is 10.2. The van der Waals surface area contributed by atoms with Gasteiger partial charge < -0.3 is 10.3 Å². The van der Waals surface area contributed by atoms with E-state index < -0.39 is 0 Å². The van der Waals surface area contributed by atoms with Crippen LogP contribution in [-0.2, 0) is 0 Å². The number of aromatic nitrogens is 1. The van der Waals surface area contributed by atoms with Crippen LogP contribution in [0.3, 0.4) is 0 Å². The van der Waals surface area contributed by atoms with Crippen molar-refractivity contribution in [2.24, 2.45) is 0 Å². The summed E-state index contributed by atoms with van der Waals surface area (Å²) >= 11 is 2.20. The third-order valence-electron chi connectivity index (χ3n) is 2.90. The number of anilines is 1. The highest BCUT2D eigenvalue weighted by Gasteiger charge is 2.06. The van der Waals surface area contributed by atoms with Crippen LogP contribution in [0.15, 0.2) is 54.7 Å². The molecule has 0 unspecified atom stereocenters. The van der Waals surface area contributed by atoms with Gasteiger partial charge in [0.2, 0.25) is 0 Å². The molecule has 3 nitrogen and oxygen atoms in total. The average Bonchev–Trinajstić information content (AvgIpc) is 2.86. The van der Waals surface area contributed by atoms with E-state index in [1.807, 2.05) is 54.7 Å². The molecule has 0 aliphatic rings. The summed E-state index contributed by atoms with van der Waals surface area (Å²) in [4.78, 5) is 15.2. The van der Waals surface area contributed by atoms with Gasteiger partial charge in [-0.05, 0) is 65.1 Å². The van der Waals surface area contributed by atoms with E-state index in [4.69, 9.17) is 0 Å². The van der Waals surface area contributed by atoms with Gasteiger partial charge in [-0.15, -0.1) is 0 Å². The molecule has 2 aromatic carbocycles. The molecule has 3 rings (SSSR count). The SMILES string of the molecule is O=C(Nc1ccc2[nH]ccc2c1)c1cccc(I)c1. The zero-order chi connectivity index (χ0) is 13.2. The fraction of sp³-hybridized carbons (Fsp3) is 0. The first-order valence-electron chi connectivity index (χ1n) is 5.86. The summed E-state index contributed by atoms with van der Waals surface area (Å²) in [5.74, 6) is -0.0894. The van der Waals surface area contributed by atoms with Crippen molar-refractivity contribution in [3.8, 4) is 0 Å². The van der Waals surface area contributed by atoms with Gasteiger partial charge in [0.25, 0.3) is 5.91 Å². The second-order valence-corrected chi connectivity index (χ2v) is 5.49. The van der Waals surface area contributed by atoms with Crippen molar-refractivity contribution in [2.75, 3.05) is 5.32 Å². The van der Waals surface area contributed by atoms with Crippen molar-refractivity contribution >= 4 is 45.1 Å². The van der Waals surface area contributed by atoms with E-state index in [1.165, 1.54) is 0 Å². The molecule has 0 atom stereocenters.